The van der Waals surface area contributed by atoms with Crippen LogP contribution in [0.4, 0.5) is 0 Å². The molecule has 0 spiro atoms. The molecule has 18 heavy (non-hydrogen) atoms. The Morgan fingerprint density at radius 2 is 1.89 bits per heavy atom. The summed E-state index contributed by atoms with van der Waals surface area (Å²) in [5.74, 6) is 0. The second-order valence-electron chi connectivity index (χ2n) is 5.97. The molecule has 0 saturated heterocycles. The van der Waals surface area contributed by atoms with Crippen molar-refractivity contribution in [1.82, 2.24) is 10.2 Å². The van der Waals surface area contributed by atoms with Crippen LogP contribution in [0.3, 0.4) is 0 Å². The molecule has 1 saturated carbocycles. The molecule has 1 aliphatic carbocycles. The SMILES string of the molecule is CCCCN(CCCC(C)(CO)NCC)C1CC1. The molecule has 1 fully saturated rings. The summed E-state index contributed by atoms with van der Waals surface area (Å²) in [4.78, 5) is 2.66. The van der Waals surface area contributed by atoms with Crippen LogP contribution in [0.5, 0.6) is 0 Å². The van der Waals surface area contributed by atoms with E-state index in [-0.39, 0.29) is 12.1 Å². The van der Waals surface area contributed by atoms with Crippen LogP contribution in [-0.2, 0) is 0 Å². The van der Waals surface area contributed by atoms with Crippen molar-refractivity contribution in [2.45, 2.75) is 70.9 Å². The number of aliphatic hydroxyl groups is 1. The van der Waals surface area contributed by atoms with Gasteiger partial charge in [-0.25, -0.2) is 0 Å². The molecule has 0 aromatic heterocycles. The van der Waals surface area contributed by atoms with Crippen molar-refractivity contribution in [1.29, 1.82) is 0 Å². The molecule has 3 nitrogen and oxygen atoms in total. The number of nitrogens with zero attached hydrogens (tertiary/aromatic N) is 1. The van der Waals surface area contributed by atoms with E-state index in [4.69, 9.17) is 0 Å². The number of nitrogens with one attached hydrogen (secondary N) is 1. The number of aliphatic hydroxyl groups excluding tert-OH is 1. The van der Waals surface area contributed by atoms with Crippen molar-refractivity contribution in [3.63, 3.8) is 0 Å². The monoisotopic (exact) mass is 256 g/mol. The Morgan fingerprint density at radius 1 is 1.22 bits per heavy atom. The first-order valence-electron chi connectivity index (χ1n) is 7.75. The van der Waals surface area contributed by atoms with Crippen LogP contribution in [0.15, 0.2) is 0 Å². The largest absolute Gasteiger partial charge is 0.394 e. The van der Waals surface area contributed by atoms with Crippen LogP contribution < -0.4 is 5.32 Å². The third-order valence-corrected chi connectivity index (χ3v) is 3.99. The first kappa shape index (κ1) is 15.9. The number of hydrogen-bond acceptors (Lipinski definition) is 3. The van der Waals surface area contributed by atoms with Crippen molar-refractivity contribution in [3.8, 4) is 0 Å². The van der Waals surface area contributed by atoms with Gasteiger partial charge in [-0.2, -0.15) is 0 Å². The van der Waals surface area contributed by atoms with Crippen LogP contribution in [0.2, 0.25) is 0 Å². The number of rotatable bonds is 11. The van der Waals surface area contributed by atoms with Gasteiger partial charge in [-0.15, -0.1) is 0 Å². The molecule has 0 amide bonds. The van der Waals surface area contributed by atoms with E-state index < -0.39 is 0 Å². The number of hydrogen-bond donors (Lipinski definition) is 2. The van der Waals surface area contributed by atoms with Crippen LogP contribution in [0, 0.1) is 0 Å². The predicted molar refractivity (Wildman–Crippen MR) is 77.9 cm³/mol. The minimum Gasteiger partial charge on any atom is -0.394 e. The maximum absolute atomic E-state index is 9.47. The van der Waals surface area contributed by atoms with Gasteiger partial charge in [0.25, 0.3) is 0 Å². The average Bonchev–Trinajstić information content (AvgIpc) is 3.18. The van der Waals surface area contributed by atoms with Crippen LogP contribution in [0.1, 0.15) is 59.3 Å². The van der Waals surface area contributed by atoms with Gasteiger partial charge in [0.1, 0.15) is 0 Å². The molecule has 0 aliphatic heterocycles. The minimum atomic E-state index is -0.0886. The Kier molecular flexibility index (Phi) is 7.20. The van der Waals surface area contributed by atoms with Crippen LogP contribution in [-0.4, -0.2) is 47.8 Å². The fourth-order valence-electron chi connectivity index (χ4n) is 2.60. The Hall–Kier alpha value is -0.120. The van der Waals surface area contributed by atoms with Gasteiger partial charge in [-0.05, 0) is 58.7 Å². The summed E-state index contributed by atoms with van der Waals surface area (Å²) in [6, 6.07) is 0.871. The molecule has 108 valence electrons. The molecule has 1 rings (SSSR count). The summed E-state index contributed by atoms with van der Waals surface area (Å²) in [5, 5.41) is 12.9. The molecule has 1 aliphatic rings. The molecule has 1 unspecified atom stereocenters. The standard InChI is InChI=1S/C15H32N2O/c1-4-6-11-17(14-8-9-14)12-7-10-15(3,13-18)16-5-2/h14,16,18H,4-13H2,1-3H3. The van der Waals surface area contributed by atoms with Crippen molar-refractivity contribution >= 4 is 0 Å². The molecule has 2 N–H and O–H groups in total. The van der Waals surface area contributed by atoms with Crippen molar-refractivity contribution in [2.24, 2.45) is 0 Å². The van der Waals surface area contributed by atoms with Gasteiger partial charge >= 0.3 is 0 Å². The zero-order valence-corrected chi connectivity index (χ0v) is 12.5. The summed E-state index contributed by atoms with van der Waals surface area (Å²) in [6.45, 7) is 10.1. The van der Waals surface area contributed by atoms with E-state index in [1.165, 1.54) is 45.2 Å². The Balaban J connectivity index is 2.24. The number of unbranched alkanes of at least 4 members (excludes halogenated alkanes) is 1. The summed E-state index contributed by atoms with van der Waals surface area (Å²) in [5.41, 5.74) is -0.0886. The Bertz CT molecular complexity index is 219. The Labute approximate surface area is 113 Å². The van der Waals surface area contributed by atoms with Gasteiger partial charge in [0.2, 0.25) is 0 Å². The van der Waals surface area contributed by atoms with Gasteiger partial charge in [-0.3, -0.25) is 0 Å². The first-order valence-corrected chi connectivity index (χ1v) is 7.75. The van der Waals surface area contributed by atoms with Crippen molar-refractivity contribution in [2.75, 3.05) is 26.2 Å². The molecular formula is C15H32N2O. The quantitative estimate of drug-likeness (QED) is 0.596. The molecular weight excluding hydrogens is 224 g/mol. The van der Waals surface area contributed by atoms with Crippen LogP contribution in [0.25, 0.3) is 0 Å². The second-order valence-corrected chi connectivity index (χ2v) is 5.97. The van der Waals surface area contributed by atoms with Gasteiger partial charge in [0.15, 0.2) is 0 Å². The molecule has 0 radical (unpaired) electrons. The highest BCUT2D eigenvalue weighted by Gasteiger charge is 2.29. The average molecular weight is 256 g/mol. The molecule has 0 aromatic carbocycles. The predicted octanol–water partition coefficient (Wildman–Crippen LogP) is 2.39. The zero-order chi connectivity index (χ0) is 13.4. The van der Waals surface area contributed by atoms with E-state index in [9.17, 15) is 5.11 Å². The maximum atomic E-state index is 9.47. The summed E-state index contributed by atoms with van der Waals surface area (Å²) in [7, 11) is 0. The van der Waals surface area contributed by atoms with E-state index >= 15 is 0 Å². The lowest BCUT2D eigenvalue weighted by Crippen LogP contribution is -2.46. The summed E-state index contributed by atoms with van der Waals surface area (Å²) in [6.07, 6.45) is 7.65. The minimum absolute atomic E-state index is 0.0886. The summed E-state index contributed by atoms with van der Waals surface area (Å²) < 4.78 is 0. The van der Waals surface area contributed by atoms with Gasteiger partial charge in [-0.1, -0.05) is 20.3 Å². The lowest BCUT2D eigenvalue weighted by Gasteiger charge is -2.30. The molecule has 0 aromatic rings. The lowest BCUT2D eigenvalue weighted by atomic mass is 9.96. The van der Waals surface area contributed by atoms with E-state index in [1.54, 1.807) is 0 Å². The fraction of sp³-hybridized carbons (Fsp3) is 1.00. The molecule has 3 heteroatoms. The maximum Gasteiger partial charge on any atom is 0.0610 e. The van der Waals surface area contributed by atoms with E-state index in [0.717, 1.165) is 19.0 Å². The smallest absolute Gasteiger partial charge is 0.0610 e. The van der Waals surface area contributed by atoms with Gasteiger partial charge < -0.3 is 15.3 Å². The first-order chi connectivity index (χ1) is 8.65. The van der Waals surface area contributed by atoms with Gasteiger partial charge in [0, 0.05) is 11.6 Å². The molecule has 0 heterocycles. The van der Waals surface area contributed by atoms with Gasteiger partial charge in [0.05, 0.1) is 6.61 Å². The second kappa shape index (κ2) is 8.13. The van der Waals surface area contributed by atoms with E-state index in [1.807, 2.05) is 0 Å². The molecule has 1 atom stereocenters. The summed E-state index contributed by atoms with van der Waals surface area (Å²) >= 11 is 0. The normalized spacial score (nSPS) is 19.2. The highest BCUT2D eigenvalue weighted by molar-refractivity contribution is 4.86. The molecule has 0 bridgehead atoms. The van der Waals surface area contributed by atoms with Crippen molar-refractivity contribution < 1.29 is 5.11 Å². The topological polar surface area (TPSA) is 35.5 Å². The third-order valence-electron chi connectivity index (χ3n) is 3.99. The Morgan fingerprint density at radius 3 is 2.39 bits per heavy atom. The fourth-order valence-corrected chi connectivity index (χ4v) is 2.60. The van der Waals surface area contributed by atoms with Crippen molar-refractivity contribution in [3.05, 3.63) is 0 Å². The van der Waals surface area contributed by atoms with Crippen LogP contribution >= 0.6 is 0 Å². The number of likely N-dealkylation sites (N-methyl/N-ethyl adjacent to an activating group) is 1. The third kappa shape index (κ3) is 5.68. The zero-order valence-electron chi connectivity index (χ0n) is 12.5. The highest BCUT2D eigenvalue weighted by Crippen LogP contribution is 2.27. The highest BCUT2D eigenvalue weighted by atomic mass is 16.3. The van der Waals surface area contributed by atoms with E-state index in [0.29, 0.717) is 0 Å². The van der Waals surface area contributed by atoms with E-state index in [2.05, 4.69) is 31.0 Å². The lowest BCUT2D eigenvalue weighted by molar-refractivity contribution is 0.156.